The number of hydrogen-bond acceptors (Lipinski definition) is 3. The second-order valence-electron chi connectivity index (χ2n) is 3.94. The van der Waals surface area contributed by atoms with E-state index in [0.717, 1.165) is 10.3 Å². The van der Waals surface area contributed by atoms with Crippen molar-refractivity contribution in [1.82, 2.24) is 14.9 Å². The minimum absolute atomic E-state index is 0.106. The quantitative estimate of drug-likeness (QED) is 0.852. The van der Waals surface area contributed by atoms with Gasteiger partial charge in [-0.25, -0.2) is 4.98 Å². The molecule has 0 spiro atoms. The fourth-order valence-electron chi connectivity index (χ4n) is 1.59. The van der Waals surface area contributed by atoms with Crippen molar-refractivity contribution < 1.29 is 4.79 Å². The lowest BCUT2D eigenvalue weighted by atomic mass is 10.2. The molecule has 2 aromatic rings. The first-order valence-electron chi connectivity index (χ1n) is 5.36. The third-order valence-electron chi connectivity index (χ3n) is 2.51. The molecule has 0 saturated heterocycles. The Morgan fingerprint density at radius 1 is 1.56 bits per heavy atom. The molecule has 3 N–H and O–H groups in total. The fourth-order valence-corrected chi connectivity index (χ4v) is 2.01. The molecule has 0 aliphatic rings. The number of amides is 1. The lowest BCUT2D eigenvalue weighted by molar-refractivity contribution is 0.0781. The van der Waals surface area contributed by atoms with Crippen molar-refractivity contribution in [3.8, 4) is 0 Å². The Balaban J connectivity index is 2.17. The number of carbonyl (C=O) groups excluding carboxylic acids is 1. The van der Waals surface area contributed by atoms with Crippen LogP contribution in [0.4, 0.5) is 5.69 Å². The van der Waals surface area contributed by atoms with Crippen molar-refractivity contribution in [2.24, 2.45) is 0 Å². The zero-order chi connectivity index (χ0) is 13.1. The van der Waals surface area contributed by atoms with Gasteiger partial charge in [0.25, 0.3) is 5.91 Å². The normalized spacial score (nSPS) is 10.3. The highest BCUT2D eigenvalue weighted by Crippen LogP contribution is 2.21. The van der Waals surface area contributed by atoms with Gasteiger partial charge in [-0.2, -0.15) is 0 Å². The van der Waals surface area contributed by atoms with Gasteiger partial charge in [0, 0.05) is 29.6 Å². The predicted molar refractivity (Wildman–Crippen MR) is 72.9 cm³/mol. The van der Waals surface area contributed by atoms with Crippen LogP contribution >= 0.6 is 15.9 Å². The van der Waals surface area contributed by atoms with E-state index < -0.39 is 0 Å². The second-order valence-corrected chi connectivity index (χ2v) is 4.79. The molecule has 18 heavy (non-hydrogen) atoms. The van der Waals surface area contributed by atoms with Crippen molar-refractivity contribution in [2.75, 3.05) is 12.8 Å². The lowest BCUT2D eigenvalue weighted by Crippen LogP contribution is -2.27. The summed E-state index contributed by atoms with van der Waals surface area (Å²) in [5.41, 5.74) is 6.80. The van der Waals surface area contributed by atoms with Gasteiger partial charge >= 0.3 is 0 Å². The van der Waals surface area contributed by atoms with E-state index in [2.05, 4.69) is 25.9 Å². The fraction of sp³-hybridized carbons (Fsp3) is 0.167. The number of aromatic amines is 1. The predicted octanol–water partition coefficient (Wildman–Crippen LogP) is 2.03. The van der Waals surface area contributed by atoms with Crippen LogP contribution in [0, 0.1) is 0 Å². The van der Waals surface area contributed by atoms with Crippen LogP contribution in [-0.4, -0.2) is 27.8 Å². The van der Waals surface area contributed by atoms with Crippen LogP contribution in [0.1, 0.15) is 16.2 Å². The Morgan fingerprint density at radius 2 is 2.33 bits per heavy atom. The zero-order valence-electron chi connectivity index (χ0n) is 9.85. The molecule has 1 amide bonds. The number of anilines is 1. The van der Waals surface area contributed by atoms with E-state index in [0.29, 0.717) is 17.8 Å². The van der Waals surface area contributed by atoms with Crippen LogP contribution in [0.15, 0.2) is 35.1 Å². The van der Waals surface area contributed by atoms with E-state index >= 15 is 0 Å². The van der Waals surface area contributed by atoms with Crippen LogP contribution in [0.25, 0.3) is 0 Å². The molecule has 0 bridgehead atoms. The molecule has 1 aromatic carbocycles. The lowest BCUT2D eigenvalue weighted by Gasteiger charge is -2.17. The summed E-state index contributed by atoms with van der Waals surface area (Å²) in [6.07, 6.45) is 3.38. The second kappa shape index (κ2) is 5.22. The SMILES string of the molecule is CN(Cc1ncc[nH]1)C(=O)c1cc(N)ccc1Br. The van der Waals surface area contributed by atoms with Crippen LogP contribution in [-0.2, 0) is 6.54 Å². The molecule has 0 aliphatic heterocycles. The Kier molecular flexibility index (Phi) is 3.66. The molecular weight excluding hydrogens is 296 g/mol. The van der Waals surface area contributed by atoms with E-state index in [1.165, 1.54) is 0 Å². The van der Waals surface area contributed by atoms with Gasteiger partial charge in [0.2, 0.25) is 0 Å². The molecule has 1 aromatic heterocycles. The van der Waals surface area contributed by atoms with E-state index in [9.17, 15) is 4.79 Å². The standard InChI is InChI=1S/C12H13BrN4O/c1-17(7-11-15-4-5-16-11)12(18)9-6-8(14)2-3-10(9)13/h2-6H,7,14H2,1H3,(H,15,16). The number of rotatable bonds is 3. The van der Waals surface area contributed by atoms with Crippen LogP contribution in [0.3, 0.4) is 0 Å². The summed E-state index contributed by atoms with van der Waals surface area (Å²) in [5.74, 6) is 0.636. The molecule has 1 heterocycles. The van der Waals surface area contributed by atoms with Crippen molar-refractivity contribution in [3.63, 3.8) is 0 Å². The Labute approximate surface area is 113 Å². The summed E-state index contributed by atoms with van der Waals surface area (Å²) < 4.78 is 0.730. The largest absolute Gasteiger partial charge is 0.399 e. The Bertz CT molecular complexity index is 553. The average molecular weight is 309 g/mol. The van der Waals surface area contributed by atoms with Crippen molar-refractivity contribution in [3.05, 3.63) is 46.5 Å². The first-order chi connectivity index (χ1) is 8.58. The number of nitrogen functional groups attached to an aromatic ring is 1. The molecule has 6 heteroatoms. The molecule has 0 saturated carbocycles. The molecule has 0 aliphatic carbocycles. The molecule has 94 valence electrons. The first-order valence-corrected chi connectivity index (χ1v) is 6.16. The summed E-state index contributed by atoms with van der Waals surface area (Å²) >= 11 is 3.35. The summed E-state index contributed by atoms with van der Waals surface area (Å²) in [6.45, 7) is 0.424. The number of nitrogens with two attached hydrogens (primary N) is 1. The van der Waals surface area contributed by atoms with Crippen LogP contribution in [0.2, 0.25) is 0 Å². The van der Waals surface area contributed by atoms with Gasteiger partial charge in [-0.05, 0) is 34.1 Å². The van der Waals surface area contributed by atoms with Crippen molar-refractivity contribution in [1.29, 1.82) is 0 Å². The van der Waals surface area contributed by atoms with E-state index in [1.54, 1.807) is 42.5 Å². The van der Waals surface area contributed by atoms with Crippen molar-refractivity contribution >= 4 is 27.5 Å². The van der Waals surface area contributed by atoms with Gasteiger partial charge < -0.3 is 15.6 Å². The number of H-pyrrole nitrogens is 1. The highest BCUT2D eigenvalue weighted by molar-refractivity contribution is 9.10. The van der Waals surface area contributed by atoms with Gasteiger partial charge in [-0.3, -0.25) is 4.79 Å². The van der Waals surface area contributed by atoms with E-state index in [1.807, 2.05) is 0 Å². The molecule has 5 nitrogen and oxygen atoms in total. The minimum atomic E-state index is -0.106. The number of benzene rings is 1. The van der Waals surface area contributed by atoms with Gasteiger partial charge in [-0.15, -0.1) is 0 Å². The molecular formula is C12H13BrN4O. The summed E-state index contributed by atoms with van der Waals surface area (Å²) in [5, 5.41) is 0. The number of nitrogens with one attached hydrogen (secondary N) is 1. The Hall–Kier alpha value is -1.82. The van der Waals surface area contributed by atoms with Crippen LogP contribution in [0.5, 0.6) is 0 Å². The number of halogens is 1. The smallest absolute Gasteiger partial charge is 0.255 e. The topological polar surface area (TPSA) is 75.0 Å². The molecule has 0 radical (unpaired) electrons. The van der Waals surface area contributed by atoms with E-state index in [4.69, 9.17) is 5.73 Å². The number of hydrogen-bond donors (Lipinski definition) is 2. The maximum absolute atomic E-state index is 12.2. The monoisotopic (exact) mass is 308 g/mol. The van der Waals surface area contributed by atoms with Crippen molar-refractivity contribution in [2.45, 2.75) is 6.54 Å². The number of imidazole rings is 1. The maximum Gasteiger partial charge on any atom is 0.255 e. The minimum Gasteiger partial charge on any atom is -0.399 e. The van der Waals surface area contributed by atoms with Gasteiger partial charge in [0.15, 0.2) is 0 Å². The number of carbonyl (C=O) groups is 1. The molecule has 0 atom stereocenters. The van der Waals surface area contributed by atoms with Gasteiger partial charge in [0.05, 0.1) is 12.1 Å². The summed E-state index contributed by atoms with van der Waals surface area (Å²) in [4.78, 5) is 20.9. The zero-order valence-corrected chi connectivity index (χ0v) is 11.4. The highest BCUT2D eigenvalue weighted by atomic mass is 79.9. The summed E-state index contributed by atoms with van der Waals surface area (Å²) in [6, 6.07) is 5.17. The first kappa shape index (κ1) is 12.6. The molecule has 0 fully saturated rings. The van der Waals surface area contributed by atoms with Crippen LogP contribution < -0.4 is 5.73 Å². The molecule has 0 unspecified atom stereocenters. The molecule has 2 rings (SSSR count). The average Bonchev–Trinajstić information content (AvgIpc) is 2.84. The van der Waals surface area contributed by atoms with E-state index in [-0.39, 0.29) is 5.91 Å². The number of nitrogens with zero attached hydrogens (tertiary/aromatic N) is 2. The summed E-state index contributed by atoms with van der Waals surface area (Å²) in [7, 11) is 1.72. The Morgan fingerprint density at radius 3 is 3.00 bits per heavy atom. The van der Waals surface area contributed by atoms with Gasteiger partial charge in [-0.1, -0.05) is 0 Å². The third kappa shape index (κ3) is 2.70. The third-order valence-corrected chi connectivity index (χ3v) is 3.20. The number of aromatic nitrogens is 2. The maximum atomic E-state index is 12.2. The highest BCUT2D eigenvalue weighted by Gasteiger charge is 2.16. The van der Waals surface area contributed by atoms with Gasteiger partial charge in [0.1, 0.15) is 5.82 Å².